The molecule has 1 heterocycles. The summed E-state index contributed by atoms with van der Waals surface area (Å²) in [6.45, 7) is 2.69. The fourth-order valence-corrected chi connectivity index (χ4v) is 2.69. The van der Waals surface area contributed by atoms with Crippen LogP contribution in [-0.4, -0.2) is 43.1 Å². The van der Waals surface area contributed by atoms with Crippen LogP contribution < -0.4 is 11.1 Å². The lowest BCUT2D eigenvalue weighted by atomic mass is 10.1. The Morgan fingerprint density at radius 1 is 1.48 bits per heavy atom. The highest BCUT2D eigenvalue weighted by molar-refractivity contribution is 9.10. The molecule has 0 spiro atoms. The second kappa shape index (κ2) is 7.53. The number of imide groups is 1. The number of morpholine rings is 1. The van der Waals surface area contributed by atoms with Gasteiger partial charge in [0.05, 0.1) is 12.7 Å². The molecular weight excluding hydrogens is 338 g/mol. The van der Waals surface area contributed by atoms with Crippen molar-refractivity contribution in [1.29, 1.82) is 0 Å². The van der Waals surface area contributed by atoms with E-state index in [9.17, 15) is 9.59 Å². The van der Waals surface area contributed by atoms with Gasteiger partial charge >= 0.3 is 6.03 Å². The summed E-state index contributed by atoms with van der Waals surface area (Å²) < 4.78 is 6.80. The smallest absolute Gasteiger partial charge is 0.318 e. The highest BCUT2D eigenvalue weighted by Crippen LogP contribution is 2.24. The second-order valence-electron chi connectivity index (χ2n) is 4.88. The van der Waals surface area contributed by atoms with E-state index in [1.807, 2.05) is 24.3 Å². The van der Waals surface area contributed by atoms with Crippen LogP contribution in [0.3, 0.4) is 0 Å². The summed E-state index contributed by atoms with van der Waals surface area (Å²) in [6.07, 6.45) is 0.240. The van der Waals surface area contributed by atoms with E-state index in [4.69, 9.17) is 10.5 Å². The Morgan fingerprint density at radius 2 is 2.29 bits per heavy atom. The molecule has 1 aliphatic rings. The molecule has 1 aromatic rings. The lowest BCUT2D eigenvalue weighted by Gasteiger charge is -2.33. The van der Waals surface area contributed by atoms with Crippen LogP contribution in [0.25, 0.3) is 0 Å². The number of urea groups is 1. The van der Waals surface area contributed by atoms with Gasteiger partial charge in [0.1, 0.15) is 0 Å². The molecule has 3 amide bonds. The van der Waals surface area contributed by atoms with Crippen LogP contribution in [0.15, 0.2) is 28.7 Å². The predicted octanol–water partition coefficient (Wildman–Crippen LogP) is 1.41. The normalized spacial score (nSPS) is 19.2. The standard InChI is InChI=1S/C14H18BrN3O3/c15-11-3-1-2-10(8-11)12-9-18(6-7-21-12)5-4-13(19)17-14(16)20/h1-3,8,12H,4-7,9H2,(H3,16,17,19,20)/t12-/m0/s1. The third kappa shape index (κ3) is 5.11. The summed E-state index contributed by atoms with van der Waals surface area (Å²) in [4.78, 5) is 24.1. The van der Waals surface area contributed by atoms with Gasteiger partial charge < -0.3 is 10.5 Å². The van der Waals surface area contributed by atoms with E-state index in [2.05, 4.69) is 26.1 Å². The molecule has 0 unspecified atom stereocenters. The fraction of sp³-hybridized carbons (Fsp3) is 0.429. The van der Waals surface area contributed by atoms with E-state index in [0.717, 1.165) is 23.1 Å². The molecule has 1 fully saturated rings. The van der Waals surface area contributed by atoms with Gasteiger partial charge in [-0.2, -0.15) is 0 Å². The van der Waals surface area contributed by atoms with Gasteiger partial charge in [0.2, 0.25) is 5.91 Å². The first kappa shape index (κ1) is 15.9. The van der Waals surface area contributed by atoms with Crippen LogP contribution in [0.5, 0.6) is 0 Å². The molecule has 1 aliphatic heterocycles. The maximum Gasteiger partial charge on any atom is 0.318 e. The summed E-state index contributed by atoms with van der Waals surface area (Å²) in [6, 6.07) is 7.20. The maximum absolute atomic E-state index is 11.4. The number of hydrogen-bond acceptors (Lipinski definition) is 4. The molecule has 2 rings (SSSR count). The van der Waals surface area contributed by atoms with Gasteiger partial charge in [-0.25, -0.2) is 4.79 Å². The molecule has 1 saturated heterocycles. The average molecular weight is 356 g/mol. The molecule has 6 nitrogen and oxygen atoms in total. The van der Waals surface area contributed by atoms with Gasteiger partial charge in [0.15, 0.2) is 0 Å². The molecule has 114 valence electrons. The summed E-state index contributed by atoms with van der Waals surface area (Å²) in [7, 11) is 0. The first-order valence-electron chi connectivity index (χ1n) is 6.73. The Labute approximate surface area is 131 Å². The molecule has 0 radical (unpaired) electrons. The zero-order valence-corrected chi connectivity index (χ0v) is 13.1. The van der Waals surface area contributed by atoms with E-state index >= 15 is 0 Å². The van der Waals surface area contributed by atoms with Gasteiger partial charge in [-0.15, -0.1) is 0 Å². The number of ether oxygens (including phenoxy) is 1. The molecule has 21 heavy (non-hydrogen) atoms. The zero-order chi connectivity index (χ0) is 15.2. The van der Waals surface area contributed by atoms with Gasteiger partial charge in [0.25, 0.3) is 0 Å². The minimum Gasteiger partial charge on any atom is -0.371 e. The number of nitrogens with one attached hydrogen (secondary N) is 1. The number of benzene rings is 1. The van der Waals surface area contributed by atoms with E-state index in [0.29, 0.717) is 13.2 Å². The molecule has 3 N–H and O–H groups in total. The van der Waals surface area contributed by atoms with Crippen molar-refractivity contribution in [2.24, 2.45) is 5.73 Å². The molecule has 7 heteroatoms. The van der Waals surface area contributed by atoms with Crippen LogP contribution in [0.1, 0.15) is 18.1 Å². The molecule has 1 aromatic carbocycles. The van der Waals surface area contributed by atoms with Crippen LogP contribution >= 0.6 is 15.9 Å². The second-order valence-corrected chi connectivity index (χ2v) is 5.79. The van der Waals surface area contributed by atoms with Crippen molar-refractivity contribution < 1.29 is 14.3 Å². The number of primary amides is 1. The zero-order valence-electron chi connectivity index (χ0n) is 11.5. The number of nitrogens with zero attached hydrogens (tertiary/aromatic N) is 1. The van der Waals surface area contributed by atoms with Gasteiger partial charge in [-0.1, -0.05) is 28.1 Å². The van der Waals surface area contributed by atoms with Crippen molar-refractivity contribution in [2.75, 3.05) is 26.2 Å². The topological polar surface area (TPSA) is 84.7 Å². The minimum atomic E-state index is -0.811. The van der Waals surface area contributed by atoms with Crippen LogP contribution in [0.4, 0.5) is 4.79 Å². The lowest BCUT2D eigenvalue weighted by molar-refractivity contribution is -0.120. The molecule has 0 aromatic heterocycles. The average Bonchev–Trinajstić information content (AvgIpc) is 2.45. The monoisotopic (exact) mass is 355 g/mol. The Kier molecular flexibility index (Phi) is 5.72. The SMILES string of the molecule is NC(=O)NC(=O)CCN1CCO[C@H](c2cccc(Br)c2)C1. The third-order valence-corrected chi connectivity index (χ3v) is 3.78. The van der Waals surface area contributed by atoms with Crippen molar-refractivity contribution in [3.8, 4) is 0 Å². The van der Waals surface area contributed by atoms with Crippen LogP contribution in [0.2, 0.25) is 0 Å². The minimum absolute atomic E-state index is 0.00421. The van der Waals surface area contributed by atoms with Crippen molar-refractivity contribution >= 4 is 27.9 Å². The number of rotatable bonds is 4. The van der Waals surface area contributed by atoms with Crippen molar-refractivity contribution in [1.82, 2.24) is 10.2 Å². The van der Waals surface area contributed by atoms with Gasteiger partial charge in [0, 0.05) is 30.5 Å². The highest BCUT2D eigenvalue weighted by atomic mass is 79.9. The number of halogens is 1. The van der Waals surface area contributed by atoms with Gasteiger partial charge in [-0.3, -0.25) is 15.0 Å². The predicted molar refractivity (Wildman–Crippen MR) is 81.6 cm³/mol. The number of nitrogens with two attached hydrogens (primary N) is 1. The van der Waals surface area contributed by atoms with E-state index < -0.39 is 6.03 Å². The molecule has 0 bridgehead atoms. The highest BCUT2D eigenvalue weighted by Gasteiger charge is 2.22. The van der Waals surface area contributed by atoms with E-state index in [1.165, 1.54) is 0 Å². The van der Waals surface area contributed by atoms with E-state index in [1.54, 1.807) is 0 Å². The molecular formula is C14H18BrN3O3. The number of carbonyl (C=O) groups excluding carboxylic acids is 2. The van der Waals surface area contributed by atoms with Crippen molar-refractivity contribution in [2.45, 2.75) is 12.5 Å². The summed E-state index contributed by atoms with van der Waals surface area (Å²) in [5, 5.41) is 2.07. The molecule has 0 aliphatic carbocycles. The van der Waals surface area contributed by atoms with Crippen LogP contribution in [0, 0.1) is 0 Å². The Morgan fingerprint density at radius 3 is 3.00 bits per heavy atom. The Balaban J connectivity index is 1.86. The fourth-order valence-electron chi connectivity index (χ4n) is 2.27. The molecule has 0 saturated carbocycles. The number of amides is 3. The first-order valence-corrected chi connectivity index (χ1v) is 7.52. The summed E-state index contributed by atoms with van der Waals surface area (Å²) in [5.74, 6) is -0.354. The Hall–Kier alpha value is -1.44. The maximum atomic E-state index is 11.4. The largest absolute Gasteiger partial charge is 0.371 e. The Bertz CT molecular complexity index is 524. The molecule has 1 atom stereocenters. The summed E-state index contributed by atoms with van der Waals surface area (Å²) in [5.41, 5.74) is 6.01. The lowest BCUT2D eigenvalue weighted by Crippen LogP contribution is -2.41. The van der Waals surface area contributed by atoms with Crippen LogP contribution in [-0.2, 0) is 9.53 Å². The van der Waals surface area contributed by atoms with Gasteiger partial charge in [-0.05, 0) is 17.7 Å². The number of carbonyl (C=O) groups is 2. The third-order valence-electron chi connectivity index (χ3n) is 3.29. The quantitative estimate of drug-likeness (QED) is 0.854. The first-order chi connectivity index (χ1) is 10.0. The number of hydrogen-bond donors (Lipinski definition) is 2. The van der Waals surface area contributed by atoms with Crippen molar-refractivity contribution in [3.05, 3.63) is 34.3 Å². The van der Waals surface area contributed by atoms with Crippen molar-refractivity contribution in [3.63, 3.8) is 0 Å². The summed E-state index contributed by atoms with van der Waals surface area (Å²) >= 11 is 3.45. The van der Waals surface area contributed by atoms with E-state index in [-0.39, 0.29) is 18.4 Å².